The van der Waals surface area contributed by atoms with E-state index < -0.39 is 5.97 Å². The molecule has 2 rings (SSSR count). The van der Waals surface area contributed by atoms with Crippen LogP contribution in [0, 0.1) is 0 Å². The molecule has 104 valence electrons. The van der Waals surface area contributed by atoms with Crippen molar-refractivity contribution < 1.29 is 14.3 Å². The van der Waals surface area contributed by atoms with Gasteiger partial charge in [-0.1, -0.05) is 60.7 Å². The van der Waals surface area contributed by atoms with Gasteiger partial charge in [0, 0.05) is 6.08 Å². The van der Waals surface area contributed by atoms with E-state index in [1.54, 1.807) is 12.1 Å². The maximum atomic E-state index is 11.6. The van der Waals surface area contributed by atoms with E-state index in [-0.39, 0.29) is 6.61 Å². The third-order valence-corrected chi connectivity index (χ3v) is 2.80. The molecule has 3 nitrogen and oxygen atoms in total. The molecule has 0 unspecified atom stereocenters. The SMILES string of the molecule is O=C=C(C=CC(=O)OCc1ccccc1)c1ccccc1. The van der Waals surface area contributed by atoms with E-state index >= 15 is 0 Å². The topological polar surface area (TPSA) is 43.4 Å². The Morgan fingerprint density at radius 2 is 1.57 bits per heavy atom. The molecule has 0 aliphatic carbocycles. The Morgan fingerprint density at radius 1 is 0.952 bits per heavy atom. The molecule has 0 N–H and O–H groups in total. The smallest absolute Gasteiger partial charge is 0.331 e. The summed E-state index contributed by atoms with van der Waals surface area (Å²) in [5.74, 6) is 1.32. The van der Waals surface area contributed by atoms with Gasteiger partial charge >= 0.3 is 5.97 Å². The number of hydrogen-bond donors (Lipinski definition) is 0. The number of benzene rings is 2. The van der Waals surface area contributed by atoms with E-state index in [0.717, 1.165) is 5.56 Å². The summed E-state index contributed by atoms with van der Waals surface area (Å²) in [6.45, 7) is 0.204. The van der Waals surface area contributed by atoms with Gasteiger partial charge in [0.25, 0.3) is 0 Å². The number of carbonyl (C=O) groups excluding carboxylic acids is 2. The molecule has 0 heterocycles. The summed E-state index contributed by atoms with van der Waals surface area (Å²) in [7, 11) is 0. The van der Waals surface area contributed by atoms with Crippen LogP contribution in [0.5, 0.6) is 0 Å². The predicted molar refractivity (Wildman–Crippen MR) is 80.9 cm³/mol. The van der Waals surface area contributed by atoms with Crippen molar-refractivity contribution in [1.29, 1.82) is 0 Å². The first-order valence-corrected chi connectivity index (χ1v) is 6.49. The fraction of sp³-hybridized carbons (Fsp3) is 0.0556. The zero-order valence-electron chi connectivity index (χ0n) is 11.4. The molecule has 2 aromatic rings. The van der Waals surface area contributed by atoms with Crippen LogP contribution < -0.4 is 0 Å². The minimum atomic E-state index is -0.498. The van der Waals surface area contributed by atoms with Gasteiger partial charge in [0.15, 0.2) is 0 Å². The molecule has 0 spiro atoms. The Hall–Kier alpha value is -2.90. The average molecular weight is 278 g/mol. The number of esters is 1. The summed E-state index contributed by atoms with van der Waals surface area (Å²) < 4.78 is 5.09. The van der Waals surface area contributed by atoms with Gasteiger partial charge in [0.05, 0.1) is 5.57 Å². The number of ether oxygens (including phenoxy) is 1. The number of allylic oxidation sites excluding steroid dienone is 2. The molecule has 21 heavy (non-hydrogen) atoms. The molecule has 0 aromatic heterocycles. The number of rotatable bonds is 5. The van der Waals surface area contributed by atoms with Crippen LogP contribution in [0.4, 0.5) is 0 Å². The fourth-order valence-corrected chi connectivity index (χ4v) is 1.74. The van der Waals surface area contributed by atoms with Crippen LogP contribution in [0.25, 0.3) is 5.57 Å². The number of carbonyl (C=O) groups is 1. The molecule has 0 aliphatic rings. The molecule has 0 saturated carbocycles. The summed E-state index contributed by atoms with van der Waals surface area (Å²) in [5.41, 5.74) is 1.93. The van der Waals surface area contributed by atoms with E-state index in [0.29, 0.717) is 11.1 Å². The van der Waals surface area contributed by atoms with Gasteiger partial charge in [0.1, 0.15) is 12.5 Å². The second-order valence-electron chi connectivity index (χ2n) is 4.31. The monoisotopic (exact) mass is 278 g/mol. The van der Waals surface area contributed by atoms with Crippen LogP contribution in [0.15, 0.2) is 72.8 Å². The van der Waals surface area contributed by atoms with E-state index in [9.17, 15) is 9.59 Å². The van der Waals surface area contributed by atoms with Crippen LogP contribution in [-0.2, 0) is 20.9 Å². The highest BCUT2D eigenvalue weighted by Gasteiger charge is 2.01. The Bertz CT molecular complexity index is 666. The molecule has 0 saturated heterocycles. The lowest BCUT2D eigenvalue weighted by atomic mass is 10.1. The molecular formula is C18H14O3. The van der Waals surface area contributed by atoms with Gasteiger partial charge in [-0.3, -0.25) is 0 Å². The highest BCUT2D eigenvalue weighted by molar-refractivity contribution is 5.96. The van der Waals surface area contributed by atoms with Crippen molar-refractivity contribution >= 4 is 17.5 Å². The summed E-state index contributed by atoms with van der Waals surface area (Å²) in [6.07, 6.45) is 2.64. The van der Waals surface area contributed by atoms with Crippen molar-refractivity contribution in [2.45, 2.75) is 6.61 Å². The lowest BCUT2D eigenvalue weighted by Gasteiger charge is -2.01. The maximum Gasteiger partial charge on any atom is 0.331 e. The highest BCUT2D eigenvalue weighted by atomic mass is 16.5. The first-order chi connectivity index (χ1) is 10.3. The summed E-state index contributed by atoms with van der Waals surface area (Å²) in [5, 5.41) is 0. The molecule has 2 aromatic carbocycles. The van der Waals surface area contributed by atoms with Crippen LogP contribution in [0.1, 0.15) is 11.1 Å². The van der Waals surface area contributed by atoms with Gasteiger partial charge in [-0.15, -0.1) is 0 Å². The minimum Gasteiger partial charge on any atom is -0.458 e. The van der Waals surface area contributed by atoms with Gasteiger partial charge in [-0.25, -0.2) is 9.59 Å². The maximum absolute atomic E-state index is 11.6. The van der Waals surface area contributed by atoms with E-state index in [4.69, 9.17) is 4.74 Å². The summed E-state index contributed by atoms with van der Waals surface area (Å²) in [4.78, 5) is 22.5. The lowest BCUT2D eigenvalue weighted by molar-refractivity contribution is -0.139. The molecule has 0 amide bonds. The van der Waals surface area contributed by atoms with Crippen LogP contribution in [0.3, 0.4) is 0 Å². The van der Waals surface area contributed by atoms with Gasteiger partial charge in [-0.05, 0) is 17.2 Å². The Morgan fingerprint density at radius 3 is 2.19 bits per heavy atom. The predicted octanol–water partition coefficient (Wildman–Crippen LogP) is 3.20. The Balaban J connectivity index is 1.94. The van der Waals surface area contributed by atoms with Crippen LogP contribution in [0.2, 0.25) is 0 Å². The van der Waals surface area contributed by atoms with Gasteiger partial charge in [0.2, 0.25) is 0 Å². The second kappa shape index (κ2) is 7.63. The second-order valence-corrected chi connectivity index (χ2v) is 4.31. The van der Waals surface area contributed by atoms with Crippen molar-refractivity contribution in [3.05, 3.63) is 83.9 Å². The van der Waals surface area contributed by atoms with Crippen LogP contribution in [-0.4, -0.2) is 11.9 Å². The van der Waals surface area contributed by atoms with Crippen molar-refractivity contribution in [1.82, 2.24) is 0 Å². The van der Waals surface area contributed by atoms with Gasteiger partial charge < -0.3 is 4.74 Å². The zero-order chi connectivity index (χ0) is 14.9. The molecule has 3 heteroatoms. The molecule has 0 fully saturated rings. The van der Waals surface area contributed by atoms with E-state index in [1.165, 1.54) is 12.2 Å². The average Bonchev–Trinajstić information content (AvgIpc) is 2.55. The Kier molecular flexibility index (Phi) is 5.27. The molecule has 0 bridgehead atoms. The lowest BCUT2D eigenvalue weighted by Crippen LogP contribution is -2.00. The molecular weight excluding hydrogens is 264 g/mol. The fourth-order valence-electron chi connectivity index (χ4n) is 1.74. The quantitative estimate of drug-likeness (QED) is 0.365. The third-order valence-electron chi connectivity index (χ3n) is 2.80. The van der Waals surface area contributed by atoms with Gasteiger partial charge in [-0.2, -0.15) is 0 Å². The Labute approximate surface area is 123 Å². The summed E-state index contributed by atoms with van der Waals surface area (Å²) >= 11 is 0. The van der Waals surface area contributed by atoms with E-state index in [1.807, 2.05) is 54.5 Å². The molecule has 0 atom stereocenters. The van der Waals surface area contributed by atoms with Crippen molar-refractivity contribution in [3.8, 4) is 0 Å². The zero-order valence-corrected chi connectivity index (χ0v) is 11.4. The molecule has 0 aliphatic heterocycles. The standard InChI is InChI=1S/C18H14O3/c19-13-17(16-9-5-2-6-10-16)11-12-18(20)21-14-15-7-3-1-4-8-15/h1-12H,14H2. The minimum absolute atomic E-state index is 0.204. The summed E-state index contributed by atoms with van der Waals surface area (Å²) in [6, 6.07) is 18.4. The van der Waals surface area contributed by atoms with Crippen LogP contribution >= 0.6 is 0 Å². The third kappa shape index (κ3) is 4.60. The first-order valence-electron chi connectivity index (χ1n) is 6.49. The number of hydrogen-bond acceptors (Lipinski definition) is 3. The highest BCUT2D eigenvalue weighted by Crippen LogP contribution is 2.12. The van der Waals surface area contributed by atoms with Crippen molar-refractivity contribution in [2.24, 2.45) is 0 Å². The first kappa shape index (κ1) is 14.5. The normalized spacial score (nSPS) is 10.1. The van der Waals surface area contributed by atoms with Crippen molar-refractivity contribution in [2.75, 3.05) is 0 Å². The largest absolute Gasteiger partial charge is 0.458 e. The van der Waals surface area contributed by atoms with Crippen molar-refractivity contribution in [3.63, 3.8) is 0 Å². The molecule has 0 radical (unpaired) electrons. The van der Waals surface area contributed by atoms with E-state index in [2.05, 4.69) is 0 Å².